The van der Waals surface area contributed by atoms with E-state index in [2.05, 4.69) is 6.92 Å². The fourth-order valence-electron chi connectivity index (χ4n) is 4.21. The predicted molar refractivity (Wildman–Crippen MR) is 141 cm³/mol. The Bertz CT molecular complexity index is 1630. The number of nitrogens with zero attached hydrogens (tertiary/aromatic N) is 4. The molecule has 0 aliphatic rings. The Morgan fingerprint density at radius 3 is 2.34 bits per heavy atom. The second kappa shape index (κ2) is 9.31. The first kappa shape index (κ1) is 22.7. The smallest absolute Gasteiger partial charge is 0.284 e. The topological polar surface area (TPSA) is 77.2 Å². The van der Waals surface area contributed by atoms with Crippen LogP contribution in [0.3, 0.4) is 0 Å². The molecular formula is C27H24N4O3S. The number of hydrogen-bond acceptors (Lipinski definition) is 5. The van der Waals surface area contributed by atoms with Crippen LogP contribution in [0.4, 0.5) is 10.8 Å². The fourth-order valence-corrected chi connectivity index (χ4v) is 5.21. The number of thiazole rings is 1. The molecule has 0 fully saturated rings. The number of aryl methyl sites for hydroxylation is 1. The van der Waals surface area contributed by atoms with Gasteiger partial charge in [0.05, 0.1) is 26.8 Å². The monoisotopic (exact) mass is 484 g/mol. The summed E-state index contributed by atoms with van der Waals surface area (Å²) in [7, 11) is 0. The minimum Gasteiger partial charge on any atom is -0.284 e. The van der Waals surface area contributed by atoms with Gasteiger partial charge in [-0.15, -0.1) is 0 Å². The molecule has 2 aromatic heterocycles. The first-order valence-electron chi connectivity index (χ1n) is 11.5. The van der Waals surface area contributed by atoms with Crippen molar-refractivity contribution in [2.24, 2.45) is 0 Å². The number of carbonyl (C=O) groups excluding carboxylic acids is 1. The molecule has 0 saturated heterocycles. The van der Waals surface area contributed by atoms with Gasteiger partial charge in [-0.2, -0.15) is 0 Å². The van der Waals surface area contributed by atoms with Crippen LogP contribution in [-0.2, 0) is 24.3 Å². The van der Waals surface area contributed by atoms with E-state index >= 15 is 0 Å². The molecule has 5 rings (SSSR count). The van der Waals surface area contributed by atoms with Crippen molar-refractivity contribution in [3.63, 3.8) is 0 Å². The van der Waals surface area contributed by atoms with Crippen LogP contribution >= 0.6 is 11.3 Å². The van der Waals surface area contributed by atoms with Crippen LogP contribution in [0.15, 0.2) is 82.4 Å². The normalized spacial score (nSPS) is 11.3. The summed E-state index contributed by atoms with van der Waals surface area (Å²) in [5.74, 6) is -0.318. The number of rotatable bonds is 6. The van der Waals surface area contributed by atoms with Gasteiger partial charge in [-0.3, -0.25) is 23.6 Å². The van der Waals surface area contributed by atoms with Gasteiger partial charge < -0.3 is 0 Å². The number of aromatic nitrogens is 3. The zero-order valence-corrected chi connectivity index (χ0v) is 20.3. The third kappa shape index (κ3) is 4.06. The molecule has 0 atom stereocenters. The second-order valence-corrected chi connectivity index (χ2v) is 9.16. The molecule has 0 spiro atoms. The summed E-state index contributed by atoms with van der Waals surface area (Å²) in [6, 6.07) is 22.4. The molecule has 7 nitrogen and oxygen atoms in total. The van der Waals surface area contributed by atoms with Gasteiger partial charge in [0, 0.05) is 6.54 Å². The molecule has 8 heteroatoms. The molecule has 35 heavy (non-hydrogen) atoms. The van der Waals surface area contributed by atoms with E-state index in [0.29, 0.717) is 21.7 Å². The minimum atomic E-state index is -0.505. The van der Waals surface area contributed by atoms with Crippen molar-refractivity contribution in [1.29, 1.82) is 0 Å². The summed E-state index contributed by atoms with van der Waals surface area (Å²) in [6.07, 6.45) is 0.884. The van der Waals surface area contributed by atoms with Crippen molar-refractivity contribution in [3.8, 4) is 0 Å². The molecule has 0 aliphatic carbocycles. The largest absolute Gasteiger partial charge is 0.331 e. The van der Waals surface area contributed by atoms with Gasteiger partial charge in [0.15, 0.2) is 5.13 Å². The van der Waals surface area contributed by atoms with E-state index in [4.69, 9.17) is 4.98 Å². The minimum absolute atomic E-state index is 0.219. The lowest BCUT2D eigenvalue weighted by Gasteiger charge is -2.22. The Labute approximate surface area is 205 Å². The lowest BCUT2D eigenvalue weighted by molar-refractivity contribution is -0.118. The zero-order valence-electron chi connectivity index (χ0n) is 19.5. The van der Waals surface area contributed by atoms with Gasteiger partial charge in [0.25, 0.3) is 11.5 Å². The van der Waals surface area contributed by atoms with Gasteiger partial charge in [-0.25, -0.2) is 9.78 Å². The molecule has 0 aliphatic heterocycles. The first-order valence-corrected chi connectivity index (χ1v) is 12.3. The molecule has 2 heterocycles. The molecule has 1 amide bonds. The Balaban J connectivity index is 1.65. The van der Waals surface area contributed by atoms with Crippen LogP contribution in [0.5, 0.6) is 0 Å². The maximum atomic E-state index is 13.9. The van der Waals surface area contributed by atoms with Gasteiger partial charge in [0.2, 0.25) is 0 Å². The summed E-state index contributed by atoms with van der Waals surface area (Å²) < 4.78 is 3.50. The number of anilines is 2. The average molecular weight is 485 g/mol. The van der Waals surface area contributed by atoms with E-state index in [9.17, 15) is 14.4 Å². The third-order valence-electron chi connectivity index (χ3n) is 6.07. The van der Waals surface area contributed by atoms with E-state index in [1.165, 1.54) is 15.9 Å². The van der Waals surface area contributed by atoms with Crippen molar-refractivity contribution in [2.75, 3.05) is 4.90 Å². The van der Waals surface area contributed by atoms with Crippen LogP contribution in [-0.4, -0.2) is 20.0 Å². The van der Waals surface area contributed by atoms with Gasteiger partial charge >= 0.3 is 5.69 Å². The number of amides is 1. The highest BCUT2D eigenvalue weighted by atomic mass is 32.1. The van der Waals surface area contributed by atoms with Crippen molar-refractivity contribution in [1.82, 2.24) is 14.1 Å². The molecule has 176 valence electrons. The molecule has 0 unspecified atom stereocenters. The maximum Gasteiger partial charge on any atom is 0.331 e. The number of para-hydroxylation sites is 2. The summed E-state index contributed by atoms with van der Waals surface area (Å²) in [5.41, 5.74) is 2.21. The van der Waals surface area contributed by atoms with E-state index in [1.54, 1.807) is 36.1 Å². The van der Waals surface area contributed by atoms with E-state index in [1.807, 2.05) is 48.5 Å². The number of benzene rings is 3. The Morgan fingerprint density at radius 2 is 1.63 bits per heavy atom. The predicted octanol–water partition coefficient (Wildman–Crippen LogP) is 4.72. The molecular weight excluding hydrogens is 460 g/mol. The highest BCUT2D eigenvalue weighted by Crippen LogP contribution is 2.34. The Kier molecular flexibility index (Phi) is 6.05. The van der Waals surface area contributed by atoms with E-state index < -0.39 is 5.69 Å². The summed E-state index contributed by atoms with van der Waals surface area (Å²) >= 11 is 1.42. The highest BCUT2D eigenvalue weighted by Gasteiger charge is 2.24. The van der Waals surface area contributed by atoms with Crippen LogP contribution < -0.4 is 16.1 Å². The number of carbonyl (C=O) groups is 1. The van der Waals surface area contributed by atoms with Crippen molar-refractivity contribution in [2.45, 2.75) is 33.4 Å². The number of hydrogen-bond donors (Lipinski definition) is 0. The highest BCUT2D eigenvalue weighted by molar-refractivity contribution is 7.22. The number of fused-ring (bicyclic) bond motifs is 2. The summed E-state index contributed by atoms with van der Waals surface area (Å²) in [4.78, 5) is 46.2. The van der Waals surface area contributed by atoms with Crippen molar-refractivity contribution < 1.29 is 4.79 Å². The van der Waals surface area contributed by atoms with E-state index in [0.717, 1.165) is 26.8 Å². The molecule has 0 radical (unpaired) electrons. The standard InChI is InChI=1S/C27H24N4O3S/c1-3-18-13-15-19(16-14-18)31(26-28-21-10-6-8-12-23(21)35-26)24(32)17-30-22-11-7-5-9-20(22)25(33)29(4-2)27(30)34/h5-16H,3-4,17H2,1-2H3. The van der Waals surface area contributed by atoms with Crippen molar-refractivity contribution >= 4 is 49.2 Å². The van der Waals surface area contributed by atoms with Crippen molar-refractivity contribution in [3.05, 3.63) is 99.2 Å². The van der Waals surface area contributed by atoms with Crippen LogP contribution in [0.25, 0.3) is 21.1 Å². The maximum absolute atomic E-state index is 13.9. The van der Waals surface area contributed by atoms with Crippen LogP contribution in [0, 0.1) is 0 Å². The lowest BCUT2D eigenvalue weighted by atomic mass is 10.1. The lowest BCUT2D eigenvalue weighted by Crippen LogP contribution is -2.42. The summed E-state index contributed by atoms with van der Waals surface area (Å²) in [6.45, 7) is 3.81. The molecule has 0 saturated carbocycles. The third-order valence-corrected chi connectivity index (χ3v) is 7.09. The average Bonchev–Trinajstić information content (AvgIpc) is 3.31. The quantitative estimate of drug-likeness (QED) is 0.349. The fraction of sp³-hybridized carbons (Fsp3) is 0.185. The van der Waals surface area contributed by atoms with E-state index in [-0.39, 0.29) is 24.6 Å². The Morgan fingerprint density at radius 1 is 0.914 bits per heavy atom. The second-order valence-electron chi connectivity index (χ2n) is 8.15. The van der Waals surface area contributed by atoms with Gasteiger partial charge in [-0.1, -0.05) is 54.7 Å². The van der Waals surface area contributed by atoms with Crippen LogP contribution in [0.2, 0.25) is 0 Å². The first-order chi connectivity index (χ1) is 17.0. The van der Waals surface area contributed by atoms with Crippen LogP contribution in [0.1, 0.15) is 19.4 Å². The molecule has 0 bridgehead atoms. The summed E-state index contributed by atoms with van der Waals surface area (Å²) in [5, 5.41) is 0.933. The van der Waals surface area contributed by atoms with Gasteiger partial charge in [0.1, 0.15) is 6.54 Å². The Hall–Kier alpha value is -4.04. The molecule has 5 aromatic rings. The molecule has 0 N–H and O–H groups in total. The van der Waals surface area contributed by atoms with Gasteiger partial charge in [-0.05, 0) is 55.3 Å². The SMILES string of the molecule is CCc1ccc(N(C(=O)Cn2c(=O)n(CC)c(=O)c3ccccc32)c2nc3ccccc3s2)cc1. The zero-order chi connectivity index (χ0) is 24.5. The molecule has 3 aromatic carbocycles.